The Labute approximate surface area is 172 Å². The number of carboxylic acids is 1. The van der Waals surface area contributed by atoms with Crippen LogP contribution in [0.5, 0.6) is 5.75 Å². The van der Waals surface area contributed by atoms with E-state index in [1.165, 1.54) is 24.9 Å². The van der Waals surface area contributed by atoms with Crippen LogP contribution in [0.1, 0.15) is 18.9 Å². The van der Waals surface area contributed by atoms with E-state index >= 15 is 0 Å². The zero-order valence-corrected chi connectivity index (χ0v) is 16.7. The van der Waals surface area contributed by atoms with Gasteiger partial charge in [-0.2, -0.15) is 0 Å². The summed E-state index contributed by atoms with van der Waals surface area (Å²) in [6, 6.07) is 5.98. The van der Waals surface area contributed by atoms with E-state index < -0.39 is 36.0 Å². The summed E-state index contributed by atoms with van der Waals surface area (Å²) in [5.41, 5.74) is 0.750. The first-order chi connectivity index (χ1) is 11.8. The van der Waals surface area contributed by atoms with Gasteiger partial charge < -0.3 is 30.0 Å². The number of rotatable bonds is 4. The van der Waals surface area contributed by atoms with Gasteiger partial charge in [-0.05, 0) is 36.6 Å². The topological polar surface area (TPSA) is 119 Å². The second kappa shape index (κ2) is 7.79. The van der Waals surface area contributed by atoms with Crippen molar-refractivity contribution in [1.82, 2.24) is 10.2 Å². The maximum absolute atomic E-state index is 12.2. The molecule has 1 aromatic carbocycles. The number of carboxylic acid groups (broad SMARTS) is 1. The van der Waals surface area contributed by atoms with Gasteiger partial charge in [0.1, 0.15) is 5.75 Å². The molecule has 2 aliphatic rings. The SMILES string of the molecule is CNC(=O)Oc1cccc(C2=C(C(=O)[O-])N3C(=O)[C@@H]([C@@H](C)O)[C@H]3C2)c1.[Na+]. The summed E-state index contributed by atoms with van der Waals surface area (Å²) in [6.45, 7) is 1.51. The maximum atomic E-state index is 12.2. The smallest absolute Gasteiger partial charge is 0.543 e. The molecule has 0 aliphatic carbocycles. The average Bonchev–Trinajstić information content (AvgIpc) is 2.89. The molecular formula is C17H17N2NaO6. The molecule has 0 bridgehead atoms. The molecule has 2 heterocycles. The number of aliphatic carboxylic acids is 1. The van der Waals surface area contributed by atoms with Gasteiger partial charge in [0.05, 0.1) is 29.7 Å². The van der Waals surface area contributed by atoms with Crippen molar-refractivity contribution in [1.29, 1.82) is 0 Å². The number of nitrogens with zero attached hydrogens (tertiary/aromatic N) is 1. The van der Waals surface area contributed by atoms with Crippen molar-refractivity contribution in [3.8, 4) is 5.75 Å². The molecule has 2 amide bonds. The van der Waals surface area contributed by atoms with E-state index in [1.54, 1.807) is 18.2 Å². The number of benzene rings is 1. The van der Waals surface area contributed by atoms with Crippen LogP contribution in [0.4, 0.5) is 4.79 Å². The number of fused-ring (bicyclic) bond motifs is 1. The Balaban J connectivity index is 0.00000243. The zero-order valence-electron chi connectivity index (χ0n) is 14.7. The van der Waals surface area contributed by atoms with Gasteiger partial charge in [0.25, 0.3) is 0 Å². The fourth-order valence-electron chi connectivity index (χ4n) is 3.42. The van der Waals surface area contributed by atoms with Crippen LogP contribution >= 0.6 is 0 Å². The largest absolute Gasteiger partial charge is 1.00 e. The molecule has 1 saturated heterocycles. The second-order valence-corrected chi connectivity index (χ2v) is 6.03. The molecule has 0 radical (unpaired) electrons. The van der Waals surface area contributed by atoms with Crippen molar-refractivity contribution in [2.24, 2.45) is 5.92 Å². The third-order valence-electron chi connectivity index (χ3n) is 4.52. The molecule has 0 aromatic heterocycles. The van der Waals surface area contributed by atoms with Gasteiger partial charge in [0, 0.05) is 7.05 Å². The summed E-state index contributed by atoms with van der Waals surface area (Å²) < 4.78 is 5.05. The van der Waals surface area contributed by atoms with Gasteiger partial charge in [-0.3, -0.25) is 4.79 Å². The number of hydrogen-bond acceptors (Lipinski definition) is 6. The maximum Gasteiger partial charge on any atom is 1.00 e. The number of amides is 2. The molecule has 8 nitrogen and oxygen atoms in total. The number of nitrogens with one attached hydrogen (secondary N) is 1. The Kier molecular flexibility index (Phi) is 6.13. The Bertz CT molecular complexity index is 791. The van der Waals surface area contributed by atoms with Crippen LogP contribution in [0, 0.1) is 5.92 Å². The van der Waals surface area contributed by atoms with Crippen molar-refractivity contribution in [3.05, 3.63) is 35.5 Å². The Morgan fingerprint density at radius 1 is 1.42 bits per heavy atom. The van der Waals surface area contributed by atoms with Crippen LogP contribution in [-0.4, -0.2) is 47.2 Å². The molecule has 2 N–H and O–H groups in total. The van der Waals surface area contributed by atoms with Crippen LogP contribution in [0.3, 0.4) is 0 Å². The minimum Gasteiger partial charge on any atom is -0.543 e. The number of aliphatic hydroxyl groups excluding tert-OH is 1. The van der Waals surface area contributed by atoms with E-state index in [1.807, 2.05) is 0 Å². The summed E-state index contributed by atoms with van der Waals surface area (Å²) in [5, 5.41) is 23.7. The first kappa shape index (κ1) is 20.4. The van der Waals surface area contributed by atoms with Crippen molar-refractivity contribution in [2.75, 3.05) is 7.05 Å². The minimum atomic E-state index is -1.45. The molecular weight excluding hydrogens is 351 g/mol. The fraction of sp³-hybridized carbons (Fsp3) is 0.353. The molecule has 0 saturated carbocycles. The number of hydrogen-bond donors (Lipinski definition) is 2. The standard InChI is InChI=1S/C17H18N2O6.Na/c1-8(20)13-12-7-11(14(16(22)23)19(12)15(13)21)9-4-3-5-10(6-9)25-17(24)18-2;/h3-6,8,12-13,20H,7H2,1-2H3,(H,18,24)(H,22,23);/q;+1/p-1/t8-,12-,13+;/m1./s1. The fourth-order valence-corrected chi connectivity index (χ4v) is 3.42. The zero-order chi connectivity index (χ0) is 18.3. The third-order valence-corrected chi connectivity index (χ3v) is 4.52. The summed E-state index contributed by atoms with van der Waals surface area (Å²) in [5.74, 6) is -2.26. The third kappa shape index (κ3) is 3.37. The van der Waals surface area contributed by atoms with Crippen LogP contribution < -0.4 is 44.7 Å². The molecule has 3 atom stereocenters. The molecule has 0 unspecified atom stereocenters. The van der Waals surface area contributed by atoms with E-state index in [2.05, 4.69) is 5.32 Å². The van der Waals surface area contributed by atoms with E-state index in [4.69, 9.17) is 4.74 Å². The number of carbonyl (C=O) groups excluding carboxylic acids is 3. The van der Waals surface area contributed by atoms with Gasteiger partial charge in [0.2, 0.25) is 5.91 Å². The molecule has 3 rings (SSSR count). The molecule has 1 aromatic rings. The van der Waals surface area contributed by atoms with Gasteiger partial charge in [-0.25, -0.2) is 4.79 Å². The first-order valence-electron chi connectivity index (χ1n) is 7.80. The minimum absolute atomic E-state index is 0. The summed E-state index contributed by atoms with van der Waals surface area (Å²) in [6.07, 6.45) is -1.22. The number of aliphatic hydroxyl groups is 1. The number of ether oxygens (including phenoxy) is 1. The van der Waals surface area contributed by atoms with Gasteiger partial charge in [-0.15, -0.1) is 0 Å². The van der Waals surface area contributed by atoms with Gasteiger partial charge >= 0.3 is 35.7 Å². The van der Waals surface area contributed by atoms with Crippen LogP contribution in [0.15, 0.2) is 30.0 Å². The number of β-lactam (4-membered cyclic amide) rings is 1. The monoisotopic (exact) mass is 368 g/mol. The predicted octanol–water partition coefficient (Wildman–Crippen LogP) is -3.52. The van der Waals surface area contributed by atoms with Crippen molar-refractivity contribution < 1.29 is 58.9 Å². The van der Waals surface area contributed by atoms with Gasteiger partial charge in [0.15, 0.2) is 0 Å². The first-order valence-corrected chi connectivity index (χ1v) is 7.80. The second-order valence-electron chi connectivity index (χ2n) is 6.03. The average molecular weight is 368 g/mol. The summed E-state index contributed by atoms with van der Waals surface area (Å²) >= 11 is 0. The van der Waals surface area contributed by atoms with E-state index in [0.717, 1.165) is 0 Å². The quantitative estimate of drug-likeness (QED) is 0.420. The normalized spacial score (nSPS) is 22.1. The van der Waals surface area contributed by atoms with E-state index in [-0.39, 0.29) is 47.4 Å². The van der Waals surface area contributed by atoms with Gasteiger partial charge in [-0.1, -0.05) is 12.1 Å². The van der Waals surface area contributed by atoms with Crippen molar-refractivity contribution >= 4 is 23.5 Å². The molecule has 9 heteroatoms. The molecule has 132 valence electrons. The Hall–Kier alpha value is -1.87. The summed E-state index contributed by atoms with van der Waals surface area (Å²) in [7, 11) is 1.42. The van der Waals surface area contributed by atoms with Crippen LogP contribution in [-0.2, 0) is 9.59 Å². The van der Waals surface area contributed by atoms with Crippen LogP contribution in [0.25, 0.3) is 5.57 Å². The van der Waals surface area contributed by atoms with Crippen molar-refractivity contribution in [3.63, 3.8) is 0 Å². The molecule has 26 heavy (non-hydrogen) atoms. The van der Waals surface area contributed by atoms with Crippen LogP contribution in [0.2, 0.25) is 0 Å². The predicted molar refractivity (Wildman–Crippen MR) is 83.9 cm³/mol. The molecule has 1 fully saturated rings. The number of carbonyl (C=O) groups is 3. The van der Waals surface area contributed by atoms with E-state index in [9.17, 15) is 24.6 Å². The van der Waals surface area contributed by atoms with E-state index in [0.29, 0.717) is 11.1 Å². The molecule has 0 spiro atoms. The van der Waals surface area contributed by atoms with Crippen molar-refractivity contribution in [2.45, 2.75) is 25.5 Å². The Morgan fingerprint density at radius 3 is 2.69 bits per heavy atom. The summed E-state index contributed by atoms with van der Waals surface area (Å²) in [4.78, 5) is 36.3. The Morgan fingerprint density at radius 2 is 2.12 bits per heavy atom. The molecule has 2 aliphatic heterocycles.